The molecule has 35 heavy (non-hydrogen) atoms. The fourth-order valence-electron chi connectivity index (χ4n) is 4.46. The Bertz CT molecular complexity index is 1200. The SMILES string of the molecule is O=C1CC[C@H](C(=O)NCc2cnc(-c3ccc(NCC4(c5ncccc5F)CCC4)nn3)s2)CN1. The van der Waals surface area contributed by atoms with Gasteiger partial charge in [-0.2, -0.15) is 0 Å². The summed E-state index contributed by atoms with van der Waals surface area (Å²) >= 11 is 1.44. The molecule has 1 saturated carbocycles. The van der Waals surface area contributed by atoms with Gasteiger partial charge in [-0.3, -0.25) is 14.6 Å². The summed E-state index contributed by atoms with van der Waals surface area (Å²) in [5.41, 5.74) is 0.838. The zero-order valence-corrected chi connectivity index (χ0v) is 19.9. The van der Waals surface area contributed by atoms with E-state index in [-0.39, 0.29) is 29.0 Å². The van der Waals surface area contributed by atoms with Crippen molar-refractivity contribution in [2.45, 2.75) is 44.1 Å². The van der Waals surface area contributed by atoms with Crippen LogP contribution in [-0.2, 0) is 21.5 Å². The molecule has 3 aromatic heterocycles. The van der Waals surface area contributed by atoms with Gasteiger partial charge in [0.05, 0.1) is 18.2 Å². The van der Waals surface area contributed by atoms with Gasteiger partial charge in [0, 0.05) is 42.2 Å². The molecule has 4 heterocycles. The second-order valence-corrected chi connectivity index (χ2v) is 10.1. The lowest BCUT2D eigenvalue weighted by Gasteiger charge is -2.41. The van der Waals surface area contributed by atoms with Gasteiger partial charge in [0.2, 0.25) is 11.8 Å². The first-order valence-electron chi connectivity index (χ1n) is 11.7. The van der Waals surface area contributed by atoms with Crippen LogP contribution < -0.4 is 16.0 Å². The molecule has 1 saturated heterocycles. The van der Waals surface area contributed by atoms with Crippen molar-refractivity contribution in [2.75, 3.05) is 18.4 Å². The Morgan fingerprint density at radius 3 is 2.80 bits per heavy atom. The lowest BCUT2D eigenvalue weighted by molar-refractivity contribution is -0.129. The minimum absolute atomic E-state index is 0.00637. The first-order valence-corrected chi connectivity index (χ1v) is 12.5. The van der Waals surface area contributed by atoms with E-state index in [0.717, 1.165) is 24.1 Å². The Kier molecular flexibility index (Phi) is 6.67. The average molecular weight is 496 g/mol. The van der Waals surface area contributed by atoms with E-state index in [9.17, 15) is 14.0 Å². The molecular weight excluding hydrogens is 469 g/mol. The van der Waals surface area contributed by atoms with Gasteiger partial charge in [0.1, 0.15) is 22.3 Å². The number of amides is 2. The quantitative estimate of drug-likeness (QED) is 0.439. The molecule has 3 N–H and O–H groups in total. The summed E-state index contributed by atoms with van der Waals surface area (Å²) in [6.07, 6.45) is 7.12. The lowest BCUT2D eigenvalue weighted by Crippen LogP contribution is -2.42. The molecule has 2 fully saturated rings. The molecule has 5 rings (SSSR count). The standard InChI is InChI=1S/C24H26FN7O2S/c25-17-3-1-10-26-21(17)24(8-2-9-24)14-30-19-6-5-18(31-32-19)23-29-13-16(35-23)12-28-22(34)15-4-7-20(33)27-11-15/h1,3,5-6,10,13,15H,2,4,7-9,11-12,14H2,(H,27,33)(H,28,34)(H,30,32)/t15-/m0/s1. The maximum atomic E-state index is 14.3. The molecule has 9 nitrogen and oxygen atoms in total. The first-order chi connectivity index (χ1) is 17.0. The van der Waals surface area contributed by atoms with Crippen LogP contribution in [0.2, 0.25) is 0 Å². The van der Waals surface area contributed by atoms with Crippen molar-refractivity contribution in [1.29, 1.82) is 0 Å². The van der Waals surface area contributed by atoms with Gasteiger partial charge in [0.15, 0.2) is 0 Å². The maximum absolute atomic E-state index is 14.3. The number of aromatic nitrogens is 4. The number of hydrogen-bond acceptors (Lipinski definition) is 8. The monoisotopic (exact) mass is 495 g/mol. The fraction of sp³-hybridized carbons (Fsp3) is 0.417. The van der Waals surface area contributed by atoms with Crippen LogP contribution in [0.15, 0.2) is 36.7 Å². The highest BCUT2D eigenvalue weighted by Gasteiger charge is 2.41. The number of halogens is 1. The number of anilines is 1. The summed E-state index contributed by atoms with van der Waals surface area (Å²) < 4.78 is 14.3. The van der Waals surface area contributed by atoms with Gasteiger partial charge in [-0.25, -0.2) is 9.37 Å². The minimum atomic E-state index is -0.316. The van der Waals surface area contributed by atoms with Gasteiger partial charge in [-0.15, -0.1) is 21.5 Å². The summed E-state index contributed by atoms with van der Waals surface area (Å²) in [4.78, 5) is 33.2. The highest BCUT2D eigenvalue weighted by molar-refractivity contribution is 7.15. The van der Waals surface area contributed by atoms with Crippen LogP contribution in [-0.4, -0.2) is 45.1 Å². The minimum Gasteiger partial charge on any atom is -0.368 e. The molecule has 0 spiro atoms. The second-order valence-electron chi connectivity index (χ2n) is 9.01. The van der Waals surface area contributed by atoms with E-state index < -0.39 is 0 Å². The van der Waals surface area contributed by atoms with Crippen LogP contribution in [0.5, 0.6) is 0 Å². The third-order valence-corrected chi connectivity index (χ3v) is 7.71. The van der Waals surface area contributed by atoms with E-state index in [0.29, 0.717) is 54.7 Å². The largest absolute Gasteiger partial charge is 0.368 e. The molecule has 2 amide bonds. The Morgan fingerprint density at radius 2 is 2.11 bits per heavy atom. The zero-order chi connectivity index (χ0) is 24.3. The van der Waals surface area contributed by atoms with Crippen LogP contribution in [0, 0.1) is 11.7 Å². The number of nitrogens with one attached hydrogen (secondary N) is 3. The summed E-state index contributed by atoms with van der Waals surface area (Å²) in [5.74, 6) is 0.0778. The van der Waals surface area contributed by atoms with Crippen molar-refractivity contribution in [3.63, 3.8) is 0 Å². The van der Waals surface area contributed by atoms with Crippen molar-refractivity contribution in [3.8, 4) is 10.7 Å². The normalized spacial score (nSPS) is 18.9. The van der Waals surface area contributed by atoms with Crippen LogP contribution in [0.4, 0.5) is 10.2 Å². The van der Waals surface area contributed by atoms with Crippen LogP contribution in [0.3, 0.4) is 0 Å². The summed E-state index contributed by atoms with van der Waals surface area (Å²) in [7, 11) is 0. The van der Waals surface area contributed by atoms with E-state index in [4.69, 9.17) is 0 Å². The van der Waals surface area contributed by atoms with E-state index in [1.54, 1.807) is 18.5 Å². The molecule has 1 aliphatic carbocycles. The number of thiazole rings is 1. The van der Waals surface area contributed by atoms with Crippen molar-refractivity contribution in [2.24, 2.45) is 5.92 Å². The molecule has 0 aromatic carbocycles. The first kappa shape index (κ1) is 23.3. The van der Waals surface area contributed by atoms with Gasteiger partial charge >= 0.3 is 0 Å². The third kappa shape index (κ3) is 5.14. The highest BCUT2D eigenvalue weighted by atomic mass is 32.1. The second kappa shape index (κ2) is 10.0. The number of hydrogen-bond donors (Lipinski definition) is 3. The van der Waals surface area contributed by atoms with Crippen LogP contribution in [0.25, 0.3) is 10.7 Å². The number of nitrogens with zero attached hydrogens (tertiary/aromatic N) is 4. The lowest BCUT2D eigenvalue weighted by atomic mass is 9.66. The Balaban J connectivity index is 1.16. The van der Waals surface area contributed by atoms with Crippen LogP contribution in [0.1, 0.15) is 42.7 Å². The Hall–Kier alpha value is -3.47. The number of piperidine rings is 1. The van der Waals surface area contributed by atoms with Gasteiger partial charge in [0.25, 0.3) is 0 Å². The van der Waals surface area contributed by atoms with Crippen molar-refractivity contribution >= 4 is 29.0 Å². The van der Waals surface area contributed by atoms with E-state index >= 15 is 0 Å². The average Bonchev–Trinajstić information content (AvgIpc) is 3.33. The third-order valence-electron chi connectivity index (χ3n) is 6.69. The molecule has 1 aliphatic heterocycles. The zero-order valence-electron chi connectivity index (χ0n) is 19.1. The topological polar surface area (TPSA) is 122 Å². The summed E-state index contributed by atoms with van der Waals surface area (Å²) in [5, 5.41) is 18.2. The number of rotatable bonds is 8. The summed E-state index contributed by atoms with van der Waals surface area (Å²) in [6.45, 7) is 1.30. The van der Waals surface area contributed by atoms with Gasteiger partial charge < -0.3 is 16.0 Å². The van der Waals surface area contributed by atoms with Gasteiger partial charge in [-0.05, 0) is 43.5 Å². The number of pyridine rings is 1. The highest BCUT2D eigenvalue weighted by Crippen LogP contribution is 2.43. The number of carbonyl (C=O) groups excluding carboxylic acids is 2. The Labute approximate surface area is 206 Å². The maximum Gasteiger partial charge on any atom is 0.225 e. The molecule has 0 radical (unpaired) electrons. The smallest absolute Gasteiger partial charge is 0.225 e. The van der Waals surface area contributed by atoms with Gasteiger partial charge in [-0.1, -0.05) is 6.42 Å². The fourth-order valence-corrected chi connectivity index (χ4v) is 5.28. The molecule has 0 bridgehead atoms. The van der Waals surface area contributed by atoms with Crippen molar-refractivity contribution in [1.82, 2.24) is 30.8 Å². The predicted molar refractivity (Wildman–Crippen MR) is 129 cm³/mol. The molecule has 0 unspecified atom stereocenters. The molecular formula is C24H26FN7O2S. The molecule has 1 atom stereocenters. The molecule has 3 aromatic rings. The van der Waals surface area contributed by atoms with Crippen molar-refractivity contribution in [3.05, 3.63) is 53.0 Å². The van der Waals surface area contributed by atoms with Crippen molar-refractivity contribution < 1.29 is 14.0 Å². The van der Waals surface area contributed by atoms with E-state index in [1.807, 2.05) is 12.1 Å². The Morgan fingerprint density at radius 1 is 1.23 bits per heavy atom. The molecule has 2 aliphatic rings. The predicted octanol–water partition coefficient (Wildman–Crippen LogP) is 2.81. The molecule has 11 heteroatoms. The molecule has 182 valence electrons. The summed E-state index contributed by atoms with van der Waals surface area (Å²) in [6, 6.07) is 6.75. The van der Waals surface area contributed by atoms with Crippen LogP contribution >= 0.6 is 11.3 Å². The number of carbonyl (C=O) groups is 2. The van der Waals surface area contributed by atoms with E-state index in [2.05, 4.69) is 36.1 Å². The van der Waals surface area contributed by atoms with E-state index in [1.165, 1.54) is 17.4 Å².